The number of rotatable bonds is 5. The van der Waals surface area contributed by atoms with Gasteiger partial charge in [-0.25, -0.2) is 4.98 Å². The van der Waals surface area contributed by atoms with Crippen LogP contribution in [0.5, 0.6) is 0 Å². The Bertz CT molecular complexity index is 1090. The van der Waals surface area contributed by atoms with Crippen molar-refractivity contribution >= 4 is 45.0 Å². The van der Waals surface area contributed by atoms with Crippen LogP contribution in [-0.4, -0.2) is 38.8 Å². The first-order valence-electron chi connectivity index (χ1n) is 8.32. The zero-order valence-corrected chi connectivity index (χ0v) is 16.7. The summed E-state index contributed by atoms with van der Waals surface area (Å²) in [5, 5.41) is 13.7. The molecule has 0 aliphatic carbocycles. The molecule has 3 rings (SSSR count). The van der Waals surface area contributed by atoms with E-state index in [0.717, 1.165) is 10.0 Å². The van der Waals surface area contributed by atoms with Gasteiger partial charge in [-0.15, -0.1) is 0 Å². The quantitative estimate of drug-likeness (QED) is 0.559. The van der Waals surface area contributed by atoms with Crippen molar-refractivity contribution in [2.75, 3.05) is 11.9 Å². The molecule has 0 saturated heterocycles. The lowest BCUT2D eigenvalue weighted by Gasteiger charge is -2.08. The van der Waals surface area contributed by atoms with Crippen molar-refractivity contribution in [2.45, 2.75) is 13.8 Å². The van der Waals surface area contributed by atoms with Crippen molar-refractivity contribution in [3.63, 3.8) is 0 Å². The number of benzene rings is 1. The molecule has 0 spiro atoms. The van der Waals surface area contributed by atoms with Gasteiger partial charge in [-0.05, 0) is 65.7 Å². The summed E-state index contributed by atoms with van der Waals surface area (Å²) in [5.74, 6) is -1.95. The zero-order valence-electron chi connectivity index (χ0n) is 15.1. The number of aryl methyl sites for hydroxylation is 2. The molecule has 0 aliphatic rings. The van der Waals surface area contributed by atoms with E-state index in [1.54, 1.807) is 29.7 Å². The lowest BCUT2D eigenvalue weighted by atomic mass is 10.2. The molecule has 0 aliphatic heterocycles. The molecule has 2 amide bonds. The maximum Gasteiger partial charge on any atom is 0.322 e. The number of anilines is 1. The molecule has 0 fully saturated rings. The summed E-state index contributed by atoms with van der Waals surface area (Å²) in [7, 11) is 0. The predicted octanol–water partition coefficient (Wildman–Crippen LogP) is 2.78. The first kappa shape index (κ1) is 19.6. The number of hydrogen-bond donors (Lipinski definition) is 3. The third-order valence-corrected chi connectivity index (χ3v) is 4.50. The minimum absolute atomic E-state index is 0.296. The van der Waals surface area contributed by atoms with Crippen LogP contribution in [0.15, 0.2) is 41.0 Å². The fourth-order valence-corrected chi connectivity index (χ4v) is 3.36. The molecule has 1 aromatic carbocycles. The van der Waals surface area contributed by atoms with Gasteiger partial charge >= 0.3 is 5.97 Å². The first-order valence-corrected chi connectivity index (χ1v) is 9.12. The van der Waals surface area contributed by atoms with E-state index in [4.69, 9.17) is 5.11 Å². The van der Waals surface area contributed by atoms with Gasteiger partial charge in [0.15, 0.2) is 0 Å². The highest BCUT2D eigenvalue weighted by Crippen LogP contribution is 2.21. The Morgan fingerprint density at radius 3 is 2.46 bits per heavy atom. The lowest BCUT2D eigenvalue weighted by molar-refractivity contribution is -0.135. The highest BCUT2D eigenvalue weighted by Gasteiger charge is 2.18. The average Bonchev–Trinajstić information content (AvgIpc) is 2.96. The molecule has 0 unspecified atom stereocenters. The molecule has 2 aromatic heterocycles. The van der Waals surface area contributed by atoms with Crippen LogP contribution in [0, 0.1) is 13.8 Å². The molecule has 3 N–H and O–H groups in total. The van der Waals surface area contributed by atoms with Gasteiger partial charge in [-0.2, -0.15) is 0 Å². The smallest absolute Gasteiger partial charge is 0.322 e. The fourth-order valence-electron chi connectivity index (χ4n) is 2.81. The Morgan fingerprint density at radius 1 is 1.14 bits per heavy atom. The SMILES string of the molecule is Cc1nc2c(C)cc(Br)cn2c1C(=O)Nc1ccc(C(=O)NCC(=O)O)cc1. The van der Waals surface area contributed by atoms with E-state index in [-0.39, 0.29) is 5.91 Å². The summed E-state index contributed by atoms with van der Waals surface area (Å²) < 4.78 is 2.57. The number of pyridine rings is 1. The van der Waals surface area contributed by atoms with Crippen molar-refractivity contribution in [2.24, 2.45) is 0 Å². The lowest BCUT2D eigenvalue weighted by Crippen LogP contribution is -2.29. The van der Waals surface area contributed by atoms with Crippen LogP contribution in [0.25, 0.3) is 5.65 Å². The highest BCUT2D eigenvalue weighted by atomic mass is 79.9. The number of halogens is 1. The number of carboxylic acid groups (broad SMARTS) is 1. The van der Waals surface area contributed by atoms with Crippen LogP contribution in [0.1, 0.15) is 32.1 Å². The monoisotopic (exact) mass is 444 g/mol. The first-order chi connectivity index (χ1) is 13.3. The van der Waals surface area contributed by atoms with Crippen molar-refractivity contribution in [3.8, 4) is 0 Å². The topological polar surface area (TPSA) is 113 Å². The second kappa shape index (κ2) is 7.81. The minimum Gasteiger partial charge on any atom is -0.480 e. The van der Waals surface area contributed by atoms with Crippen LogP contribution in [0.3, 0.4) is 0 Å². The van der Waals surface area contributed by atoms with Gasteiger partial charge in [-0.1, -0.05) is 0 Å². The Morgan fingerprint density at radius 2 is 1.82 bits per heavy atom. The minimum atomic E-state index is -1.12. The van der Waals surface area contributed by atoms with E-state index in [9.17, 15) is 14.4 Å². The summed E-state index contributed by atoms with van der Waals surface area (Å²) >= 11 is 3.43. The van der Waals surface area contributed by atoms with Crippen LogP contribution in [-0.2, 0) is 4.79 Å². The molecule has 0 saturated carbocycles. The summed E-state index contributed by atoms with van der Waals surface area (Å²) in [5.41, 5.74) is 3.46. The van der Waals surface area contributed by atoms with E-state index in [2.05, 4.69) is 31.5 Å². The van der Waals surface area contributed by atoms with Crippen LogP contribution < -0.4 is 10.6 Å². The number of imidazole rings is 1. The van der Waals surface area contributed by atoms with E-state index in [1.807, 2.05) is 13.0 Å². The Balaban J connectivity index is 1.80. The highest BCUT2D eigenvalue weighted by molar-refractivity contribution is 9.10. The Labute approximate surface area is 168 Å². The van der Waals surface area contributed by atoms with E-state index >= 15 is 0 Å². The maximum atomic E-state index is 12.8. The van der Waals surface area contributed by atoms with E-state index in [1.165, 1.54) is 12.1 Å². The summed E-state index contributed by atoms with van der Waals surface area (Å²) in [6.07, 6.45) is 1.78. The van der Waals surface area contributed by atoms with Gasteiger partial charge in [0.05, 0.1) is 5.69 Å². The van der Waals surface area contributed by atoms with Gasteiger partial charge in [0.1, 0.15) is 17.9 Å². The van der Waals surface area contributed by atoms with Crippen molar-refractivity contribution < 1.29 is 19.5 Å². The third kappa shape index (κ3) is 4.04. The molecular weight excluding hydrogens is 428 g/mol. The van der Waals surface area contributed by atoms with Crippen molar-refractivity contribution in [3.05, 3.63) is 63.5 Å². The second-order valence-corrected chi connectivity index (χ2v) is 7.10. The largest absolute Gasteiger partial charge is 0.480 e. The number of nitrogens with zero attached hydrogens (tertiary/aromatic N) is 2. The average molecular weight is 445 g/mol. The molecule has 28 heavy (non-hydrogen) atoms. The summed E-state index contributed by atoms with van der Waals surface area (Å²) in [6, 6.07) is 8.10. The molecule has 3 aromatic rings. The van der Waals surface area contributed by atoms with E-state index < -0.39 is 18.4 Å². The van der Waals surface area contributed by atoms with Gasteiger partial charge in [-0.3, -0.25) is 18.8 Å². The molecule has 9 heteroatoms. The number of aromatic nitrogens is 2. The van der Waals surface area contributed by atoms with Crippen molar-refractivity contribution in [1.29, 1.82) is 0 Å². The number of carbonyl (C=O) groups is 3. The third-order valence-electron chi connectivity index (χ3n) is 4.07. The molecular formula is C19H17BrN4O4. The molecule has 0 atom stereocenters. The number of hydrogen-bond acceptors (Lipinski definition) is 4. The van der Waals surface area contributed by atoms with Gasteiger partial charge < -0.3 is 15.7 Å². The van der Waals surface area contributed by atoms with Crippen LogP contribution in [0.2, 0.25) is 0 Å². The van der Waals surface area contributed by atoms with E-state index in [0.29, 0.717) is 28.3 Å². The normalized spacial score (nSPS) is 10.7. The van der Waals surface area contributed by atoms with Crippen LogP contribution in [0.4, 0.5) is 5.69 Å². The number of nitrogens with one attached hydrogen (secondary N) is 2. The number of amides is 2. The Hall–Kier alpha value is -3.20. The second-order valence-electron chi connectivity index (χ2n) is 6.19. The number of aliphatic carboxylic acids is 1. The number of fused-ring (bicyclic) bond motifs is 1. The molecule has 0 radical (unpaired) electrons. The van der Waals surface area contributed by atoms with Gasteiger partial charge in [0.2, 0.25) is 0 Å². The van der Waals surface area contributed by atoms with Crippen LogP contribution >= 0.6 is 15.9 Å². The maximum absolute atomic E-state index is 12.8. The number of carbonyl (C=O) groups excluding carboxylic acids is 2. The van der Waals surface area contributed by atoms with Gasteiger partial charge in [0, 0.05) is 21.9 Å². The van der Waals surface area contributed by atoms with Crippen molar-refractivity contribution in [1.82, 2.24) is 14.7 Å². The van der Waals surface area contributed by atoms with Gasteiger partial charge in [0.25, 0.3) is 11.8 Å². The number of carboxylic acids is 1. The molecule has 0 bridgehead atoms. The molecule has 144 valence electrons. The molecule has 8 nitrogen and oxygen atoms in total. The predicted molar refractivity (Wildman–Crippen MR) is 107 cm³/mol. The Kier molecular flexibility index (Phi) is 5.46. The summed E-state index contributed by atoms with van der Waals surface area (Å²) in [6.45, 7) is 3.23. The summed E-state index contributed by atoms with van der Waals surface area (Å²) in [4.78, 5) is 39.6. The zero-order chi connectivity index (χ0) is 20.4. The molecule has 2 heterocycles. The fraction of sp³-hybridized carbons (Fsp3) is 0.158. The standard InChI is InChI=1S/C19H17BrN4O4/c1-10-7-13(20)9-24-16(11(2)22-17(10)24)19(28)23-14-5-3-12(4-6-14)18(27)21-8-15(25)26/h3-7,9H,8H2,1-2H3,(H,21,27)(H,23,28)(H,25,26).